The third-order valence-electron chi connectivity index (χ3n) is 2.91. The Bertz CT molecular complexity index is 533. The standard InChI is InChI=1S/C13H10Cl2O3/c1-3-13(2)11(16)10(12(17)18-13)7-4-8(14)6-9(15)5-7/h3-6,10H,1H2,2H3. The van der Waals surface area contributed by atoms with Crippen molar-refractivity contribution in [3.05, 3.63) is 46.5 Å². The van der Waals surface area contributed by atoms with Crippen LogP contribution >= 0.6 is 23.2 Å². The van der Waals surface area contributed by atoms with E-state index in [1.165, 1.54) is 31.2 Å². The third kappa shape index (κ3) is 2.04. The zero-order valence-electron chi connectivity index (χ0n) is 9.57. The lowest BCUT2D eigenvalue weighted by Crippen LogP contribution is -2.30. The molecule has 0 N–H and O–H groups in total. The lowest BCUT2D eigenvalue weighted by molar-refractivity contribution is -0.146. The Hall–Kier alpha value is -1.32. The van der Waals surface area contributed by atoms with E-state index in [9.17, 15) is 9.59 Å². The summed E-state index contributed by atoms with van der Waals surface area (Å²) in [6, 6.07) is 4.60. The van der Waals surface area contributed by atoms with Crippen LogP contribution < -0.4 is 0 Å². The van der Waals surface area contributed by atoms with Crippen LogP contribution in [0, 0.1) is 0 Å². The number of cyclic esters (lactones) is 1. The van der Waals surface area contributed by atoms with Crippen LogP contribution in [0.15, 0.2) is 30.9 Å². The Kier molecular flexibility index (Phi) is 3.21. The first-order chi connectivity index (χ1) is 8.37. The van der Waals surface area contributed by atoms with Gasteiger partial charge in [0.05, 0.1) is 0 Å². The van der Waals surface area contributed by atoms with Gasteiger partial charge in [0, 0.05) is 10.0 Å². The monoisotopic (exact) mass is 284 g/mol. The van der Waals surface area contributed by atoms with E-state index in [0.29, 0.717) is 15.6 Å². The third-order valence-corrected chi connectivity index (χ3v) is 3.34. The molecule has 0 aromatic heterocycles. The molecular formula is C13H10Cl2O3. The summed E-state index contributed by atoms with van der Waals surface area (Å²) < 4.78 is 5.06. The van der Waals surface area contributed by atoms with Crippen molar-refractivity contribution in [3.8, 4) is 0 Å². The number of esters is 1. The first-order valence-electron chi connectivity index (χ1n) is 5.24. The average Bonchev–Trinajstić information content (AvgIpc) is 2.49. The highest BCUT2D eigenvalue weighted by atomic mass is 35.5. The average molecular weight is 285 g/mol. The Morgan fingerprint density at radius 1 is 1.28 bits per heavy atom. The second-order valence-electron chi connectivity index (χ2n) is 4.23. The van der Waals surface area contributed by atoms with Crippen molar-refractivity contribution < 1.29 is 14.3 Å². The van der Waals surface area contributed by atoms with Gasteiger partial charge in [0.25, 0.3) is 0 Å². The molecule has 1 heterocycles. The van der Waals surface area contributed by atoms with Crippen LogP contribution in [-0.4, -0.2) is 17.4 Å². The highest BCUT2D eigenvalue weighted by Crippen LogP contribution is 2.36. The van der Waals surface area contributed by atoms with E-state index in [4.69, 9.17) is 27.9 Å². The van der Waals surface area contributed by atoms with Crippen LogP contribution in [0.1, 0.15) is 18.4 Å². The molecule has 0 aliphatic carbocycles. The molecule has 0 bridgehead atoms. The highest BCUT2D eigenvalue weighted by Gasteiger charge is 2.51. The topological polar surface area (TPSA) is 43.4 Å². The number of hydrogen-bond donors (Lipinski definition) is 0. The molecule has 2 atom stereocenters. The van der Waals surface area contributed by atoms with Gasteiger partial charge in [0.15, 0.2) is 11.4 Å². The maximum atomic E-state index is 12.2. The van der Waals surface area contributed by atoms with E-state index >= 15 is 0 Å². The fourth-order valence-electron chi connectivity index (χ4n) is 1.88. The minimum atomic E-state index is -1.28. The largest absolute Gasteiger partial charge is 0.446 e. The van der Waals surface area contributed by atoms with Crippen LogP contribution in [0.3, 0.4) is 0 Å². The lowest BCUT2D eigenvalue weighted by atomic mass is 9.89. The Labute approximate surface area is 114 Å². The van der Waals surface area contributed by atoms with Gasteiger partial charge in [0.1, 0.15) is 5.92 Å². The zero-order chi connectivity index (χ0) is 13.5. The molecule has 2 unspecified atom stereocenters. The lowest BCUT2D eigenvalue weighted by Gasteiger charge is -2.14. The summed E-state index contributed by atoms with van der Waals surface area (Å²) in [4.78, 5) is 24.0. The second-order valence-corrected chi connectivity index (χ2v) is 5.11. The molecular weight excluding hydrogens is 275 g/mol. The molecule has 94 valence electrons. The van der Waals surface area contributed by atoms with Gasteiger partial charge in [-0.3, -0.25) is 9.59 Å². The number of carbonyl (C=O) groups is 2. The molecule has 18 heavy (non-hydrogen) atoms. The van der Waals surface area contributed by atoms with Gasteiger partial charge in [-0.05, 0) is 36.8 Å². The Balaban J connectivity index is 2.48. The van der Waals surface area contributed by atoms with Gasteiger partial charge in [-0.25, -0.2) is 0 Å². The molecule has 0 radical (unpaired) electrons. The summed E-state index contributed by atoms with van der Waals surface area (Å²) >= 11 is 11.7. The minimum Gasteiger partial charge on any atom is -0.446 e. The van der Waals surface area contributed by atoms with Gasteiger partial charge in [-0.15, -0.1) is 0 Å². The molecule has 1 saturated heterocycles. The summed E-state index contributed by atoms with van der Waals surface area (Å²) in [6.07, 6.45) is 1.32. The van der Waals surface area contributed by atoms with Crippen molar-refractivity contribution in [1.29, 1.82) is 0 Å². The SMILES string of the molecule is C=CC1(C)OC(=O)C(c2cc(Cl)cc(Cl)c2)C1=O. The zero-order valence-corrected chi connectivity index (χ0v) is 11.1. The smallest absolute Gasteiger partial charge is 0.322 e. The molecule has 1 aromatic carbocycles. The summed E-state index contributed by atoms with van der Waals surface area (Å²) in [6.45, 7) is 5.02. The van der Waals surface area contributed by atoms with Crippen LogP contribution in [-0.2, 0) is 14.3 Å². The first-order valence-corrected chi connectivity index (χ1v) is 6.00. The second kappa shape index (κ2) is 4.41. The van der Waals surface area contributed by atoms with Crippen molar-refractivity contribution in [3.63, 3.8) is 0 Å². The number of ketones is 1. The minimum absolute atomic E-state index is 0.360. The Morgan fingerprint density at radius 2 is 1.83 bits per heavy atom. The van der Waals surface area contributed by atoms with E-state index in [0.717, 1.165) is 0 Å². The molecule has 0 amide bonds. The first kappa shape index (κ1) is 13.1. The van der Waals surface area contributed by atoms with Crippen molar-refractivity contribution in [2.75, 3.05) is 0 Å². The summed E-state index contributed by atoms with van der Waals surface area (Å²) in [5, 5.41) is 0.732. The molecule has 1 aliphatic rings. The maximum absolute atomic E-state index is 12.2. The van der Waals surface area contributed by atoms with Crippen LogP contribution in [0.4, 0.5) is 0 Å². The molecule has 0 saturated carbocycles. The number of Topliss-reactive ketones (excluding diaryl/α,β-unsaturated/α-hetero) is 1. The quantitative estimate of drug-likeness (QED) is 0.476. The van der Waals surface area contributed by atoms with E-state index in [1.54, 1.807) is 0 Å². The molecule has 0 spiro atoms. The maximum Gasteiger partial charge on any atom is 0.322 e. The summed E-state index contributed by atoms with van der Waals surface area (Å²) in [5.74, 6) is -1.97. The number of carbonyl (C=O) groups excluding carboxylic acids is 2. The number of hydrogen-bond acceptors (Lipinski definition) is 3. The molecule has 1 fully saturated rings. The van der Waals surface area contributed by atoms with E-state index in [2.05, 4.69) is 6.58 Å². The summed E-state index contributed by atoms with van der Waals surface area (Å²) in [7, 11) is 0. The van der Waals surface area contributed by atoms with Gasteiger partial charge >= 0.3 is 5.97 Å². The van der Waals surface area contributed by atoms with E-state index in [-0.39, 0.29) is 5.78 Å². The fraction of sp³-hybridized carbons (Fsp3) is 0.231. The number of benzene rings is 1. The normalized spacial score (nSPS) is 27.2. The molecule has 2 rings (SSSR count). The van der Waals surface area contributed by atoms with Gasteiger partial charge in [0.2, 0.25) is 0 Å². The van der Waals surface area contributed by atoms with Crippen LogP contribution in [0.25, 0.3) is 0 Å². The number of rotatable bonds is 2. The van der Waals surface area contributed by atoms with Crippen LogP contribution in [0.2, 0.25) is 10.0 Å². The van der Waals surface area contributed by atoms with Crippen molar-refractivity contribution in [2.45, 2.75) is 18.4 Å². The van der Waals surface area contributed by atoms with E-state index in [1.807, 2.05) is 0 Å². The van der Waals surface area contributed by atoms with Gasteiger partial charge in [-0.1, -0.05) is 29.8 Å². The van der Waals surface area contributed by atoms with Gasteiger partial charge < -0.3 is 4.74 Å². The predicted molar refractivity (Wildman–Crippen MR) is 68.9 cm³/mol. The van der Waals surface area contributed by atoms with Crippen LogP contribution in [0.5, 0.6) is 0 Å². The van der Waals surface area contributed by atoms with E-state index < -0.39 is 17.5 Å². The number of halogens is 2. The summed E-state index contributed by atoms with van der Waals surface area (Å²) in [5.41, 5.74) is -0.843. The fourth-order valence-corrected chi connectivity index (χ4v) is 2.43. The molecule has 5 heteroatoms. The van der Waals surface area contributed by atoms with Gasteiger partial charge in [-0.2, -0.15) is 0 Å². The molecule has 1 aliphatic heterocycles. The predicted octanol–water partition coefficient (Wildman–Crippen LogP) is 3.15. The Morgan fingerprint density at radius 3 is 2.28 bits per heavy atom. The highest BCUT2D eigenvalue weighted by molar-refractivity contribution is 6.35. The van der Waals surface area contributed by atoms with Crippen molar-refractivity contribution >= 4 is 35.0 Å². The molecule has 1 aromatic rings. The van der Waals surface area contributed by atoms with Crippen molar-refractivity contribution in [2.24, 2.45) is 0 Å². The molecule has 3 nitrogen and oxygen atoms in total. The number of ether oxygens (including phenoxy) is 1. The van der Waals surface area contributed by atoms with Crippen molar-refractivity contribution in [1.82, 2.24) is 0 Å².